The van der Waals surface area contributed by atoms with Crippen LogP contribution in [0.2, 0.25) is 0 Å². The van der Waals surface area contributed by atoms with Crippen LogP contribution >= 0.6 is 0 Å². The van der Waals surface area contributed by atoms with Gasteiger partial charge < -0.3 is 14.8 Å². The molecule has 0 unspecified atom stereocenters. The molecule has 0 aliphatic heterocycles. The van der Waals surface area contributed by atoms with Crippen molar-refractivity contribution in [2.75, 3.05) is 18.5 Å². The van der Waals surface area contributed by atoms with Gasteiger partial charge >= 0.3 is 0 Å². The van der Waals surface area contributed by atoms with Crippen LogP contribution in [0.15, 0.2) is 54.6 Å². The fraction of sp³-hybridized carbons (Fsp3) is 0.333. The first-order chi connectivity index (χ1) is 10.0. The molecule has 1 N–H and O–H groups in total. The lowest BCUT2D eigenvalue weighted by molar-refractivity contribution is 0.00333. The molecule has 0 aromatic heterocycles. The van der Waals surface area contributed by atoms with Gasteiger partial charge in [-0.15, -0.1) is 0 Å². The van der Waals surface area contributed by atoms with Gasteiger partial charge in [0.15, 0.2) is 0 Å². The van der Waals surface area contributed by atoms with Crippen molar-refractivity contribution in [1.29, 1.82) is 0 Å². The third kappa shape index (κ3) is 5.88. The summed E-state index contributed by atoms with van der Waals surface area (Å²) in [6, 6.07) is 17.7. The normalized spacial score (nSPS) is 11.2. The fourth-order valence-corrected chi connectivity index (χ4v) is 1.82. The SMILES string of the molecule is CC(C)(C)OCCNc1ccc(Oc2ccccc2)cc1. The Morgan fingerprint density at radius 1 is 0.857 bits per heavy atom. The second-order valence-corrected chi connectivity index (χ2v) is 5.83. The largest absolute Gasteiger partial charge is 0.457 e. The summed E-state index contributed by atoms with van der Waals surface area (Å²) >= 11 is 0. The van der Waals surface area contributed by atoms with Crippen LogP contribution in [0.5, 0.6) is 11.5 Å². The van der Waals surface area contributed by atoms with Crippen molar-refractivity contribution in [2.24, 2.45) is 0 Å². The topological polar surface area (TPSA) is 30.5 Å². The van der Waals surface area contributed by atoms with Crippen molar-refractivity contribution in [3.05, 3.63) is 54.6 Å². The average molecular weight is 285 g/mol. The Hall–Kier alpha value is -2.00. The molecule has 0 fully saturated rings. The number of hydrogen-bond donors (Lipinski definition) is 1. The molecule has 21 heavy (non-hydrogen) atoms. The van der Waals surface area contributed by atoms with E-state index in [1.165, 1.54) is 0 Å². The predicted octanol–water partition coefficient (Wildman–Crippen LogP) is 4.71. The van der Waals surface area contributed by atoms with E-state index in [4.69, 9.17) is 9.47 Å². The minimum Gasteiger partial charge on any atom is -0.457 e. The molecule has 3 nitrogen and oxygen atoms in total. The molecule has 0 saturated carbocycles. The number of rotatable bonds is 6. The van der Waals surface area contributed by atoms with Gasteiger partial charge in [0, 0.05) is 12.2 Å². The Bertz CT molecular complexity index is 529. The van der Waals surface area contributed by atoms with E-state index < -0.39 is 0 Å². The van der Waals surface area contributed by atoms with E-state index in [1.807, 2.05) is 54.6 Å². The lowest BCUT2D eigenvalue weighted by Crippen LogP contribution is -2.23. The van der Waals surface area contributed by atoms with Crippen molar-refractivity contribution in [1.82, 2.24) is 0 Å². The van der Waals surface area contributed by atoms with E-state index >= 15 is 0 Å². The van der Waals surface area contributed by atoms with Gasteiger partial charge in [-0.2, -0.15) is 0 Å². The van der Waals surface area contributed by atoms with Crippen LogP contribution in [0.4, 0.5) is 5.69 Å². The minimum absolute atomic E-state index is 0.0882. The molecule has 0 amide bonds. The summed E-state index contributed by atoms with van der Waals surface area (Å²) in [4.78, 5) is 0. The number of ether oxygens (including phenoxy) is 2. The van der Waals surface area contributed by atoms with Gasteiger partial charge in [-0.3, -0.25) is 0 Å². The van der Waals surface area contributed by atoms with Gasteiger partial charge in [0.05, 0.1) is 12.2 Å². The van der Waals surface area contributed by atoms with Crippen molar-refractivity contribution < 1.29 is 9.47 Å². The van der Waals surface area contributed by atoms with Crippen molar-refractivity contribution in [3.63, 3.8) is 0 Å². The lowest BCUT2D eigenvalue weighted by atomic mass is 10.2. The highest BCUT2D eigenvalue weighted by atomic mass is 16.5. The van der Waals surface area contributed by atoms with Crippen LogP contribution in [0.3, 0.4) is 0 Å². The van der Waals surface area contributed by atoms with Gasteiger partial charge in [0.1, 0.15) is 11.5 Å². The zero-order valence-corrected chi connectivity index (χ0v) is 12.9. The smallest absolute Gasteiger partial charge is 0.127 e. The summed E-state index contributed by atoms with van der Waals surface area (Å²) in [5.41, 5.74) is 0.975. The molecule has 0 aliphatic rings. The van der Waals surface area contributed by atoms with Crippen LogP contribution in [-0.4, -0.2) is 18.8 Å². The van der Waals surface area contributed by atoms with E-state index in [-0.39, 0.29) is 5.60 Å². The molecule has 2 aromatic rings. The highest BCUT2D eigenvalue weighted by Crippen LogP contribution is 2.22. The first-order valence-corrected chi connectivity index (χ1v) is 7.24. The number of nitrogens with one attached hydrogen (secondary N) is 1. The van der Waals surface area contributed by atoms with Gasteiger partial charge in [-0.1, -0.05) is 18.2 Å². The average Bonchev–Trinajstić information content (AvgIpc) is 2.45. The molecule has 0 radical (unpaired) electrons. The molecule has 0 heterocycles. The molecule has 0 aliphatic carbocycles. The van der Waals surface area contributed by atoms with E-state index in [0.717, 1.165) is 23.7 Å². The molecule has 0 bridgehead atoms. The van der Waals surface area contributed by atoms with E-state index in [1.54, 1.807) is 0 Å². The van der Waals surface area contributed by atoms with E-state index in [0.29, 0.717) is 6.61 Å². The summed E-state index contributed by atoms with van der Waals surface area (Å²) in [5.74, 6) is 1.68. The molecular formula is C18H23NO2. The minimum atomic E-state index is -0.0882. The zero-order chi connectivity index (χ0) is 15.1. The Labute approximate surface area is 126 Å². The zero-order valence-electron chi connectivity index (χ0n) is 12.9. The summed E-state index contributed by atoms with van der Waals surface area (Å²) in [6.07, 6.45) is 0. The van der Waals surface area contributed by atoms with Crippen LogP contribution in [-0.2, 0) is 4.74 Å². The second-order valence-electron chi connectivity index (χ2n) is 5.83. The number of hydrogen-bond acceptors (Lipinski definition) is 3. The fourth-order valence-electron chi connectivity index (χ4n) is 1.82. The van der Waals surface area contributed by atoms with Crippen molar-refractivity contribution in [3.8, 4) is 11.5 Å². The molecule has 0 spiro atoms. The monoisotopic (exact) mass is 285 g/mol. The summed E-state index contributed by atoms with van der Waals surface area (Å²) in [5, 5.41) is 3.33. The van der Waals surface area contributed by atoms with Crippen LogP contribution in [0.1, 0.15) is 20.8 Å². The lowest BCUT2D eigenvalue weighted by Gasteiger charge is -2.19. The maximum atomic E-state index is 5.75. The summed E-state index contributed by atoms with van der Waals surface area (Å²) < 4.78 is 11.4. The summed E-state index contributed by atoms with van der Waals surface area (Å²) in [7, 11) is 0. The molecule has 0 atom stereocenters. The number of anilines is 1. The molecule has 3 heteroatoms. The van der Waals surface area contributed by atoms with Crippen LogP contribution < -0.4 is 10.1 Å². The number of benzene rings is 2. The standard InChI is InChI=1S/C18H23NO2/c1-18(2,3)20-14-13-19-15-9-11-17(12-10-15)21-16-7-5-4-6-8-16/h4-12,19H,13-14H2,1-3H3. The molecule has 0 saturated heterocycles. The second kappa shape index (κ2) is 7.14. The van der Waals surface area contributed by atoms with Gasteiger partial charge in [0.25, 0.3) is 0 Å². The Kier molecular flexibility index (Phi) is 5.23. The van der Waals surface area contributed by atoms with Gasteiger partial charge in [0.2, 0.25) is 0 Å². The third-order valence-electron chi connectivity index (χ3n) is 2.80. The highest BCUT2D eigenvalue weighted by Gasteiger charge is 2.08. The molecule has 2 rings (SSSR count). The van der Waals surface area contributed by atoms with Gasteiger partial charge in [-0.25, -0.2) is 0 Å². The first-order valence-electron chi connectivity index (χ1n) is 7.24. The Balaban J connectivity index is 1.79. The van der Waals surface area contributed by atoms with Crippen molar-refractivity contribution in [2.45, 2.75) is 26.4 Å². The summed E-state index contributed by atoms with van der Waals surface area (Å²) in [6.45, 7) is 7.65. The highest BCUT2D eigenvalue weighted by molar-refractivity contribution is 5.47. The quantitative estimate of drug-likeness (QED) is 0.780. The molecular weight excluding hydrogens is 262 g/mol. The number of para-hydroxylation sites is 1. The first kappa shape index (κ1) is 15.4. The van der Waals surface area contributed by atoms with Crippen LogP contribution in [0, 0.1) is 0 Å². The Morgan fingerprint density at radius 3 is 2.10 bits per heavy atom. The maximum Gasteiger partial charge on any atom is 0.127 e. The Morgan fingerprint density at radius 2 is 1.48 bits per heavy atom. The van der Waals surface area contributed by atoms with Crippen LogP contribution in [0.25, 0.3) is 0 Å². The third-order valence-corrected chi connectivity index (χ3v) is 2.80. The van der Waals surface area contributed by atoms with E-state index in [9.17, 15) is 0 Å². The molecule has 112 valence electrons. The van der Waals surface area contributed by atoms with E-state index in [2.05, 4.69) is 26.1 Å². The molecule has 2 aromatic carbocycles. The maximum absolute atomic E-state index is 5.75. The van der Waals surface area contributed by atoms with Gasteiger partial charge in [-0.05, 0) is 57.2 Å². The van der Waals surface area contributed by atoms with Crippen molar-refractivity contribution >= 4 is 5.69 Å². The predicted molar refractivity (Wildman–Crippen MR) is 87.2 cm³/mol.